The van der Waals surface area contributed by atoms with E-state index in [0.29, 0.717) is 31.1 Å². The van der Waals surface area contributed by atoms with E-state index in [1.165, 1.54) is 0 Å². The van der Waals surface area contributed by atoms with Crippen LogP contribution in [0.1, 0.15) is 51.4 Å². The van der Waals surface area contributed by atoms with Gasteiger partial charge in [-0.15, -0.1) is 0 Å². The van der Waals surface area contributed by atoms with Gasteiger partial charge in [0, 0.05) is 11.8 Å². The predicted octanol–water partition coefficient (Wildman–Crippen LogP) is 2.41. The average molecular weight is 417 g/mol. The molecule has 11 heteroatoms. The molecule has 0 aromatic carbocycles. The van der Waals surface area contributed by atoms with Crippen LogP contribution in [0.4, 0.5) is 17.6 Å². The van der Waals surface area contributed by atoms with Crippen molar-refractivity contribution in [3.63, 3.8) is 0 Å². The van der Waals surface area contributed by atoms with E-state index in [-0.39, 0.29) is 6.61 Å². The highest BCUT2D eigenvalue weighted by molar-refractivity contribution is 7.86. The lowest BCUT2D eigenvalue weighted by Gasteiger charge is -2.59. The van der Waals surface area contributed by atoms with Crippen molar-refractivity contribution < 1.29 is 45.2 Å². The molecule has 2 unspecified atom stereocenters. The van der Waals surface area contributed by atoms with Crippen LogP contribution in [0.3, 0.4) is 0 Å². The number of carbonyl (C=O) groups excluding carboxylic acids is 1. The molecule has 4 aliphatic rings. The van der Waals surface area contributed by atoms with Gasteiger partial charge in [0.25, 0.3) is 0 Å². The predicted molar refractivity (Wildman–Crippen MR) is 81.8 cm³/mol. The SMILES string of the molecule is O=C(CCC(F)(F)C(F)(F)S(=O)(=O)[O-])OCC12CC3CC(CC(O)(C3)C1)C2. The van der Waals surface area contributed by atoms with E-state index in [2.05, 4.69) is 0 Å². The van der Waals surface area contributed by atoms with Crippen molar-refractivity contribution in [2.24, 2.45) is 17.3 Å². The highest BCUT2D eigenvalue weighted by Crippen LogP contribution is 2.61. The Balaban J connectivity index is 1.55. The van der Waals surface area contributed by atoms with E-state index < -0.39 is 51.1 Å². The molecule has 2 atom stereocenters. The van der Waals surface area contributed by atoms with Crippen LogP contribution < -0.4 is 0 Å². The Labute approximate surface area is 154 Å². The van der Waals surface area contributed by atoms with Crippen molar-refractivity contribution in [1.29, 1.82) is 0 Å². The highest BCUT2D eigenvalue weighted by Gasteiger charge is 2.61. The number of alkyl halides is 4. The molecule has 0 heterocycles. The number of carbonyl (C=O) groups is 1. The second kappa shape index (κ2) is 6.28. The molecule has 156 valence electrons. The van der Waals surface area contributed by atoms with Crippen molar-refractivity contribution >= 4 is 16.1 Å². The number of ether oxygens (including phenoxy) is 1. The van der Waals surface area contributed by atoms with E-state index in [9.17, 15) is 40.4 Å². The summed E-state index contributed by atoms with van der Waals surface area (Å²) < 4.78 is 88.9. The molecule has 4 rings (SSSR count). The van der Waals surface area contributed by atoms with Crippen LogP contribution in [0.25, 0.3) is 0 Å². The maximum atomic E-state index is 13.4. The zero-order valence-electron chi connectivity index (χ0n) is 14.4. The Hall–Kier alpha value is -0.940. The molecular weight excluding hydrogens is 396 g/mol. The third-order valence-corrected chi connectivity index (χ3v) is 7.00. The van der Waals surface area contributed by atoms with Crippen molar-refractivity contribution in [1.82, 2.24) is 0 Å². The largest absolute Gasteiger partial charge is 0.743 e. The summed E-state index contributed by atoms with van der Waals surface area (Å²) in [6.45, 7) is -0.0943. The molecule has 1 N–H and O–H groups in total. The molecule has 0 radical (unpaired) electrons. The fraction of sp³-hybridized carbons (Fsp3) is 0.938. The molecule has 27 heavy (non-hydrogen) atoms. The van der Waals surface area contributed by atoms with Gasteiger partial charge in [-0.05, 0) is 50.4 Å². The lowest BCUT2D eigenvalue weighted by molar-refractivity contribution is -0.189. The lowest BCUT2D eigenvalue weighted by Crippen LogP contribution is -2.57. The highest BCUT2D eigenvalue weighted by atomic mass is 32.2. The minimum absolute atomic E-state index is 0.0943. The van der Waals surface area contributed by atoms with E-state index in [1.54, 1.807) is 0 Å². The molecular formula is C16H21F4O6S-. The fourth-order valence-corrected chi connectivity index (χ4v) is 5.93. The van der Waals surface area contributed by atoms with Crippen LogP contribution in [0.2, 0.25) is 0 Å². The number of hydrogen-bond acceptors (Lipinski definition) is 6. The number of halogens is 4. The first-order chi connectivity index (χ1) is 12.2. The van der Waals surface area contributed by atoms with E-state index in [0.717, 1.165) is 19.3 Å². The van der Waals surface area contributed by atoms with Crippen LogP contribution in [-0.4, -0.2) is 47.4 Å². The van der Waals surface area contributed by atoms with Gasteiger partial charge >= 0.3 is 17.1 Å². The summed E-state index contributed by atoms with van der Waals surface area (Å²) in [7, 11) is -6.57. The van der Waals surface area contributed by atoms with E-state index in [1.807, 2.05) is 0 Å². The van der Waals surface area contributed by atoms with E-state index in [4.69, 9.17) is 4.74 Å². The smallest absolute Gasteiger partial charge is 0.396 e. The number of hydrogen-bond donors (Lipinski definition) is 1. The van der Waals surface area contributed by atoms with Gasteiger partial charge in [0.1, 0.15) is 0 Å². The summed E-state index contributed by atoms with van der Waals surface area (Å²) >= 11 is 0. The minimum Gasteiger partial charge on any atom is -0.743 e. The normalized spacial score (nSPS) is 36.1. The van der Waals surface area contributed by atoms with Crippen LogP contribution in [-0.2, 0) is 19.6 Å². The van der Waals surface area contributed by atoms with Gasteiger partial charge in [-0.25, -0.2) is 8.42 Å². The monoisotopic (exact) mass is 417 g/mol. The van der Waals surface area contributed by atoms with Gasteiger partial charge in [-0.3, -0.25) is 4.79 Å². The van der Waals surface area contributed by atoms with Crippen LogP contribution in [0.15, 0.2) is 0 Å². The molecule has 4 fully saturated rings. The van der Waals surface area contributed by atoms with E-state index >= 15 is 0 Å². The lowest BCUT2D eigenvalue weighted by atomic mass is 9.48. The van der Waals surface area contributed by atoms with Gasteiger partial charge < -0.3 is 14.4 Å². The Morgan fingerprint density at radius 2 is 1.70 bits per heavy atom. The quantitative estimate of drug-likeness (QED) is 0.388. The second-order valence-corrected chi connectivity index (χ2v) is 9.94. The number of aliphatic hydroxyl groups is 1. The summed E-state index contributed by atoms with van der Waals surface area (Å²) in [6, 6.07) is 0. The zero-order chi connectivity index (χ0) is 20.3. The summed E-state index contributed by atoms with van der Waals surface area (Å²) in [6.07, 6.45) is 1.39. The van der Waals surface area contributed by atoms with Crippen molar-refractivity contribution in [2.75, 3.05) is 6.61 Å². The molecule has 0 aromatic rings. The van der Waals surface area contributed by atoms with Gasteiger partial charge in [-0.2, -0.15) is 17.6 Å². The Bertz CT molecular complexity index is 708. The van der Waals surface area contributed by atoms with Crippen LogP contribution >= 0.6 is 0 Å². The molecule has 0 aliphatic heterocycles. The summed E-state index contributed by atoms with van der Waals surface area (Å²) in [4.78, 5) is 11.7. The Kier molecular flexibility index (Phi) is 4.84. The maximum absolute atomic E-state index is 13.4. The Morgan fingerprint density at radius 3 is 2.19 bits per heavy atom. The first-order valence-electron chi connectivity index (χ1n) is 8.76. The minimum atomic E-state index is -6.57. The Morgan fingerprint density at radius 1 is 1.15 bits per heavy atom. The van der Waals surface area contributed by atoms with Gasteiger partial charge in [0.15, 0.2) is 10.1 Å². The second-order valence-electron chi connectivity index (χ2n) is 8.52. The fourth-order valence-electron chi connectivity index (χ4n) is 5.46. The first-order valence-corrected chi connectivity index (χ1v) is 10.2. The molecule has 0 saturated heterocycles. The molecule has 0 spiro atoms. The van der Waals surface area contributed by atoms with Crippen LogP contribution in [0.5, 0.6) is 0 Å². The third-order valence-electron chi connectivity index (χ3n) is 6.07. The standard InChI is InChI=1S/C16H22F4O6S/c17-15(18,16(19,20)27(23,24)25)2-1-12(21)26-9-13-4-10-3-11(5-13)7-14(22,6-10)8-13/h10-11,22H,1-9H2,(H,23,24,25)/p-1. The molecule has 6 nitrogen and oxygen atoms in total. The van der Waals surface area contributed by atoms with Gasteiger partial charge in [0.05, 0.1) is 18.6 Å². The average Bonchev–Trinajstić information content (AvgIpc) is 2.47. The summed E-state index contributed by atoms with van der Waals surface area (Å²) in [5.74, 6) is -5.71. The molecule has 0 aromatic heterocycles. The molecule has 0 amide bonds. The number of esters is 1. The van der Waals surface area contributed by atoms with Crippen LogP contribution in [0, 0.1) is 17.3 Å². The molecule has 4 aliphatic carbocycles. The topological polar surface area (TPSA) is 104 Å². The van der Waals surface area contributed by atoms with Gasteiger partial charge in [0.2, 0.25) is 0 Å². The van der Waals surface area contributed by atoms with Crippen molar-refractivity contribution in [2.45, 2.75) is 68.1 Å². The number of rotatable bonds is 7. The summed E-state index contributed by atoms with van der Waals surface area (Å²) in [5.41, 5.74) is -1.23. The molecule has 4 bridgehead atoms. The van der Waals surface area contributed by atoms with Crippen molar-refractivity contribution in [3.05, 3.63) is 0 Å². The van der Waals surface area contributed by atoms with Crippen molar-refractivity contribution in [3.8, 4) is 0 Å². The van der Waals surface area contributed by atoms with Gasteiger partial charge in [-0.1, -0.05) is 0 Å². The maximum Gasteiger partial charge on any atom is 0.396 e. The molecule has 4 saturated carbocycles. The first kappa shape index (κ1) is 20.8. The summed E-state index contributed by atoms with van der Waals surface area (Å²) in [5, 5.41) is 4.80. The zero-order valence-corrected chi connectivity index (χ0v) is 15.2. The third kappa shape index (κ3) is 3.82.